The summed E-state index contributed by atoms with van der Waals surface area (Å²) < 4.78 is 38.4. The predicted molar refractivity (Wildman–Crippen MR) is 107 cm³/mol. The van der Waals surface area contributed by atoms with Gasteiger partial charge < -0.3 is 9.47 Å². The van der Waals surface area contributed by atoms with E-state index < -0.39 is 20.5 Å². The Morgan fingerprint density at radius 2 is 1.79 bits per heavy atom. The summed E-state index contributed by atoms with van der Waals surface area (Å²) in [6, 6.07) is 9.12. The summed E-state index contributed by atoms with van der Waals surface area (Å²) in [5, 5.41) is 11.2. The number of benzene rings is 2. The van der Waals surface area contributed by atoms with Crippen LogP contribution in [0.25, 0.3) is 0 Å². The van der Waals surface area contributed by atoms with Crippen LogP contribution in [0.3, 0.4) is 0 Å². The summed E-state index contributed by atoms with van der Waals surface area (Å²) in [4.78, 5) is 10.2. The van der Waals surface area contributed by atoms with Crippen LogP contribution in [0.2, 0.25) is 15.1 Å². The quantitative estimate of drug-likeness (QED) is 0.156. The minimum absolute atomic E-state index is 0.0194. The molecule has 0 bridgehead atoms. The van der Waals surface area contributed by atoms with Crippen molar-refractivity contribution in [2.75, 3.05) is 7.11 Å². The molecule has 0 N–H and O–H groups in total. The second-order valence-corrected chi connectivity index (χ2v) is 8.08. The molecular weight excluding hydrogens is 455 g/mol. The Morgan fingerprint density at radius 3 is 2.32 bits per heavy atom. The van der Waals surface area contributed by atoms with Crippen LogP contribution in [0.4, 0.5) is 0 Å². The highest BCUT2D eigenvalue weighted by molar-refractivity contribution is 7.90. The lowest BCUT2D eigenvalue weighted by Crippen LogP contribution is -2.35. The van der Waals surface area contributed by atoms with Crippen LogP contribution in [0.5, 0.6) is 5.75 Å². The molecule has 8 nitrogen and oxygen atoms in total. The highest BCUT2D eigenvalue weighted by atomic mass is 35.5. The van der Waals surface area contributed by atoms with Gasteiger partial charge in [-0.1, -0.05) is 53.0 Å². The van der Waals surface area contributed by atoms with Crippen molar-refractivity contribution in [2.45, 2.75) is 12.5 Å². The van der Waals surface area contributed by atoms with Gasteiger partial charge in [-0.15, -0.1) is 4.40 Å². The number of ether oxygens (including phenoxy) is 2. The van der Waals surface area contributed by atoms with Gasteiger partial charge in [-0.05, 0) is 24.6 Å². The van der Waals surface area contributed by atoms with Gasteiger partial charge in [0.2, 0.25) is 5.90 Å². The molecule has 0 aliphatic rings. The lowest BCUT2D eigenvalue weighted by molar-refractivity contribution is -0.534. The molecule has 0 saturated carbocycles. The third-order valence-corrected chi connectivity index (χ3v) is 5.97. The van der Waals surface area contributed by atoms with Crippen LogP contribution in [-0.4, -0.2) is 31.9 Å². The first-order valence-corrected chi connectivity index (χ1v) is 10.1. The molecule has 0 aliphatic carbocycles. The Bertz CT molecular complexity index is 1030. The fraction of sp³-hybridized carbons (Fsp3) is 0.188. The zero-order valence-corrected chi connectivity index (χ0v) is 17.5. The first-order valence-electron chi connectivity index (χ1n) is 7.46. The van der Waals surface area contributed by atoms with E-state index in [4.69, 9.17) is 44.3 Å². The second kappa shape index (κ2) is 8.95. The smallest absolute Gasteiger partial charge is 0.476 e. The first-order chi connectivity index (χ1) is 13.1. The summed E-state index contributed by atoms with van der Waals surface area (Å²) in [6.45, 7) is 1.57. The largest absolute Gasteiger partial charge is 0.480 e. The topological polar surface area (TPSA) is 108 Å². The zero-order chi connectivity index (χ0) is 21.1. The van der Waals surface area contributed by atoms with Gasteiger partial charge in [-0.3, -0.25) is 10.1 Å². The Balaban J connectivity index is 2.49. The summed E-state index contributed by atoms with van der Waals surface area (Å²) in [7, 11) is -3.65. The third kappa shape index (κ3) is 4.85. The van der Waals surface area contributed by atoms with Crippen LogP contribution in [-0.2, 0) is 14.8 Å². The highest BCUT2D eigenvalue weighted by Gasteiger charge is 2.40. The molecule has 12 heteroatoms. The van der Waals surface area contributed by atoms with Crippen LogP contribution < -0.4 is 4.74 Å². The average Bonchev–Trinajstić information content (AvgIpc) is 2.66. The minimum Gasteiger partial charge on any atom is -0.480 e. The maximum Gasteiger partial charge on any atom is 0.476 e. The van der Waals surface area contributed by atoms with E-state index in [1.165, 1.54) is 19.2 Å². The van der Waals surface area contributed by atoms with Gasteiger partial charge in [-0.25, -0.2) is 0 Å². The van der Waals surface area contributed by atoms with Gasteiger partial charge in [0.25, 0.3) is 0 Å². The monoisotopic (exact) mass is 466 g/mol. The van der Waals surface area contributed by atoms with E-state index in [1.54, 1.807) is 25.1 Å². The van der Waals surface area contributed by atoms with Crippen molar-refractivity contribution in [2.24, 2.45) is 4.40 Å². The molecule has 0 saturated heterocycles. The number of hydrogen-bond donors (Lipinski definition) is 0. The lowest BCUT2D eigenvalue weighted by atomic mass is 10.2. The fourth-order valence-corrected chi connectivity index (χ4v) is 3.64. The van der Waals surface area contributed by atoms with E-state index in [-0.39, 0.29) is 26.7 Å². The zero-order valence-electron chi connectivity index (χ0n) is 14.4. The maximum atomic E-state index is 12.5. The Hall–Kier alpha value is -2.07. The molecule has 28 heavy (non-hydrogen) atoms. The molecule has 0 heterocycles. The van der Waals surface area contributed by atoms with Gasteiger partial charge in [0.1, 0.15) is 10.8 Å². The van der Waals surface area contributed by atoms with Gasteiger partial charge in [0, 0.05) is 16.7 Å². The second-order valence-electron chi connectivity index (χ2n) is 5.30. The average molecular weight is 468 g/mol. The summed E-state index contributed by atoms with van der Waals surface area (Å²) in [6.07, 6.45) is 0. The number of sulfonamides is 1. The maximum absolute atomic E-state index is 12.5. The normalized spacial score (nSPS) is 13.1. The molecular formula is C16H13Cl3N2O6S. The van der Waals surface area contributed by atoms with E-state index in [9.17, 15) is 18.5 Å². The molecule has 0 fully saturated rings. The van der Waals surface area contributed by atoms with E-state index in [0.717, 1.165) is 6.07 Å². The van der Waals surface area contributed by atoms with E-state index in [0.29, 0.717) is 11.1 Å². The van der Waals surface area contributed by atoms with Gasteiger partial charge >= 0.3 is 15.6 Å². The molecule has 2 aromatic carbocycles. The molecule has 2 rings (SSSR count). The standard InChI is InChI=1S/C16H13Cl3N2O6S/c1-9-11(17)8-12(14(19)13(9)18)27-16(21(22)23)28(24,25)20-15(26-2)10-6-4-3-5-7-10/h3-8,16H,1-2H3/b20-15-. The third-order valence-electron chi connectivity index (χ3n) is 3.43. The van der Waals surface area contributed by atoms with Crippen molar-refractivity contribution >= 4 is 50.7 Å². The van der Waals surface area contributed by atoms with Gasteiger partial charge in [0.05, 0.1) is 17.1 Å². The van der Waals surface area contributed by atoms with Crippen molar-refractivity contribution in [1.82, 2.24) is 0 Å². The van der Waals surface area contributed by atoms with Crippen LogP contribution in [0.15, 0.2) is 40.8 Å². The molecule has 0 radical (unpaired) electrons. The molecule has 150 valence electrons. The molecule has 1 atom stereocenters. The number of hydrogen-bond acceptors (Lipinski definition) is 6. The summed E-state index contributed by atoms with van der Waals surface area (Å²) >= 11 is 18.0. The molecule has 2 aromatic rings. The summed E-state index contributed by atoms with van der Waals surface area (Å²) in [5.41, 5.74) is -1.89. The highest BCUT2D eigenvalue weighted by Crippen LogP contribution is 2.39. The van der Waals surface area contributed by atoms with E-state index >= 15 is 0 Å². The number of methoxy groups -OCH3 is 1. The minimum atomic E-state index is -4.84. The number of rotatable bonds is 6. The molecule has 0 amide bonds. The number of nitrogens with zero attached hydrogens (tertiary/aromatic N) is 2. The summed E-state index contributed by atoms with van der Waals surface area (Å²) in [5.74, 6) is -0.719. The molecule has 1 unspecified atom stereocenters. The van der Waals surface area contributed by atoms with Crippen molar-refractivity contribution in [3.8, 4) is 5.75 Å². The van der Waals surface area contributed by atoms with Crippen LogP contribution in [0, 0.1) is 17.0 Å². The molecule has 0 aromatic heterocycles. The van der Waals surface area contributed by atoms with Crippen LogP contribution in [0.1, 0.15) is 11.1 Å². The van der Waals surface area contributed by atoms with Crippen LogP contribution >= 0.6 is 34.8 Å². The SMILES string of the molecule is CO/C(=N\S(=O)(=O)C(Oc1cc(Cl)c(C)c(Cl)c1Cl)[N+](=O)[O-])c1ccccc1. The van der Waals surface area contributed by atoms with Crippen molar-refractivity contribution in [3.63, 3.8) is 0 Å². The van der Waals surface area contributed by atoms with Crippen molar-refractivity contribution < 1.29 is 22.8 Å². The number of halogens is 3. The van der Waals surface area contributed by atoms with E-state index in [1.807, 2.05) is 0 Å². The Kier molecular flexibility index (Phi) is 7.11. The van der Waals surface area contributed by atoms with Gasteiger partial charge in [-0.2, -0.15) is 8.42 Å². The Morgan fingerprint density at radius 1 is 1.18 bits per heavy atom. The molecule has 0 aliphatic heterocycles. The van der Waals surface area contributed by atoms with Crippen molar-refractivity contribution in [1.29, 1.82) is 0 Å². The van der Waals surface area contributed by atoms with Crippen molar-refractivity contribution in [3.05, 3.63) is 72.7 Å². The Labute approximate surface area is 175 Å². The molecule has 0 spiro atoms. The lowest BCUT2D eigenvalue weighted by Gasteiger charge is -2.14. The number of nitro groups is 1. The first kappa shape index (κ1) is 22.2. The fourth-order valence-electron chi connectivity index (χ4n) is 2.02. The van der Waals surface area contributed by atoms with Gasteiger partial charge in [0.15, 0.2) is 0 Å². The van der Waals surface area contributed by atoms with E-state index in [2.05, 4.69) is 4.40 Å². The predicted octanol–water partition coefficient (Wildman–Crippen LogP) is 4.32.